The van der Waals surface area contributed by atoms with Gasteiger partial charge in [-0.1, -0.05) is 12.1 Å². The maximum absolute atomic E-state index is 13.0. The summed E-state index contributed by atoms with van der Waals surface area (Å²) in [5, 5.41) is 4.66. The topological polar surface area (TPSA) is 60.5 Å². The van der Waals surface area contributed by atoms with Gasteiger partial charge in [-0.2, -0.15) is 5.10 Å². The molecule has 0 saturated carbocycles. The molecule has 28 heavy (non-hydrogen) atoms. The molecule has 6 nitrogen and oxygen atoms in total. The number of hydrogen-bond acceptors (Lipinski definition) is 4. The fourth-order valence-corrected chi connectivity index (χ4v) is 3.77. The van der Waals surface area contributed by atoms with Crippen molar-refractivity contribution >= 4 is 5.91 Å². The first-order chi connectivity index (χ1) is 13.6. The predicted molar refractivity (Wildman–Crippen MR) is 105 cm³/mol. The maximum Gasteiger partial charge on any atom is 0.261 e. The highest BCUT2D eigenvalue weighted by molar-refractivity contribution is 5.77. The molecule has 0 aliphatic heterocycles. The Morgan fingerprint density at radius 1 is 1.25 bits per heavy atom. The number of aromatic nitrogens is 2. The summed E-state index contributed by atoms with van der Waals surface area (Å²) in [6.45, 7) is 2.84. The van der Waals surface area contributed by atoms with Gasteiger partial charge in [0, 0.05) is 12.7 Å². The number of ether oxygens (including phenoxy) is 1. The molecule has 0 saturated heterocycles. The minimum Gasteiger partial charge on any atom is -0.484 e. The third kappa shape index (κ3) is 3.96. The van der Waals surface area contributed by atoms with Gasteiger partial charge in [-0.05, 0) is 61.6 Å². The van der Waals surface area contributed by atoms with Crippen LogP contribution in [0.15, 0.2) is 47.1 Å². The second-order valence-corrected chi connectivity index (χ2v) is 7.28. The fraction of sp³-hybridized carbons (Fsp3) is 0.364. The van der Waals surface area contributed by atoms with Crippen molar-refractivity contribution in [1.82, 2.24) is 14.7 Å². The van der Waals surface area contributed by atoms with E-state index in [1.165, 1.54) is 11.3 Å². The van der Waals surface area contributed by atoms with E-state index in [0.717, 1.165) is 36.3 Å². The van der Waals surface area contributed by atoms with Crippen LogP contribution in [0.25, 0.3) is 0 Å². The largest absolute Gasteiger partial charge is 0.484 e. The molecule has 0 bridgehead atoms. The van der Waals surface area contributed by atoms with Crippen molar-refractivity contribution in [3.8, 4) is 5.75 Å². The monoisotopic (exact) mass is 379 g/mol. The Balaban J connectivity index is 1.50. The van der Waals surface area contributed by atoms with Crippen LogP contribution in [-0.4, -0.2) is 27.2 Å². The van der Waals surface area contributed by atoms with Crippen molar-refractivity contribution in [3.05, 3.63) is 70.9 Å². The maximum atomic E-state index is 13.0. The fourth-order valence-electron chi connectivity index (χ4n) is 3.77. The summed E-state index contributed by atoms with van der Waals surface area (Å²) < 4.78 is 13.2. The standard InChI is InChI=1S/C22H25N3O3/c1-16-6-3-7-17(12-16)28-15-22(26)25(13-18-8-5-11-27-18)14-20-19-9-4-10-21(19)24(2)23-20/h3,5-8,11-12H,4,9-10,13-15H2,1-2H3. The first kappa shape index (κ1) is 18.3. The second kappa shape index (κ2) is 7.92. The summed E-state index contributed by atoms with van der Waals surface area (Å²) in [6.07, 6.45) is 4.86. The normalized spacial score (nSPS) is 12.8. The number of fused-ring (bicyclic) bond motifs is 1. The van der Waals surface area contributed by atoms with Crippen molar-refractivity contribution in [1.29, 1.82) is 0 Å². The number of furan rings is 1. The van der Waals surface area contributed by atoms with Crippen LogP contribution < -0.4 is 4.74 Å². The zero-order valence-corrected chi connectivity index (χ0v) is 16.4. The molecule has 0 atom stereocenters. The van der Waals surface area contributed by atoms with E-state index in [0.29, 0.717) is 18.8 Å². The van der Waals surface area contributed by atoms with Crippen molar-refractivity contribution < 1.29 is 13.9 Å². The number of benzene rings is 1. The summed E-state index contributed by atoms with van der Waals surface area (Å²) >= 11 is 0. The van der Waals surface area contributed by atoms with Crippen LogP contribution in [0.5, 0.6) is 5.75 Å². The van der Waals surface area contributed by atoms with Gasteiger partial charge in [0.2, 0.25) is 0 Å². The highest BCUT2D eigenvalue weighted by atomic mass is 16.5. The van der Waals surface area contributed by atoms with Gasteiger partial charge in [-0.3, -0.25) is 9.48 Å². The van der Waals surface area contributed by atoms with Crippen LogP contribution in [-0.2, 0) is 37.8 Å². The molecule has 2 aromatic heterocycles. The first-order valence-corrected chi connectivity index (χ1v) is 9.63. The molecule has 0 radical (unpaired) electrons. The Bertz CT molecular complexity index is 960. The van der Waals surface area contributed by atoms with Gasteiger partial charge >= 0.3 is 0 Å². The molecule has 6 heteroatoms. The zero-order valence-electron chi connectivity index (χ0n) is 16.4. The minimum atomic E-state index is -0.0877. The predicted octanol–water partition coefficient (Wildman–Crippen LogP) is 3.42. The molecule has 1 aromatic carbocycles. The Morgan fingerprint density at radius 2 is 2.14 bits per heavy atom. The minimum absolute atomic E-state index is 0.0147. The molecule has 1 aliphatic rings. The van der Waals surface area contributed by atoms with Gasteiger partial charge in [0.1, 0.15) is 11.5 Å². The van der Waals surface area contributed by atoms with E-state index in [1.54, 1.807) is 11.2 Å². The van der Waals surface area contributed by atoms with Gasteiger partial charge < -0.3 is 14.1 Å². The molecule has 3 aromatic rings. The van der Waals surface area contributed by atoms with E-state index in [1.807, 2.05) is 55.1 Å². The summed E-state index contributed by atoms with van der Waals surface area (Å²) in [4.78, 5) is 14.7. The summed E-state index contributed by atoms with van der Waals surface area (Å²) in [5.74, 6) is 1.36. The smallest absolute Gasteiger partial charge is 0.261 e. The van der Waals surface area contributed by atoms with Crippen LogP contribution in [0.3, 0.4) is 0 Å². The number of carbonyl (C=O) groups is 1. The first-order valence-electron chi connectivity index (χ1n) is 9.63. The van der Waals surface area contributed by atoms with E-state index in [9.17, 15) is 4.79 Å². The van der Waals surface area contributed by atoms with Crippen LogP contribution in [0.2, 0.25) is 0 Å². The summed E-state index contributed by atoms with van der Waals surface area (Å²) in [5.41, 5.74) is 4.66. The Morgan fingerprint density at radius 3 is 2.93 bits per heavy atom. The molecule has 2 heterocycles. The lowest BCUT2D eigenvalue weighted by Crippen LogP contribution is -2.34. The number of nitrogens with zero attached hydrogens (tertiary/aromatic N) is 3. The molecule has 1 amide bonds. The van der Waals surface area contributed by atoms with Crippen LogP contribution in [0.4, 0.5) is 0 Å². The highest BCUT2D eigenvalue weighted by Crippen LogP contribution is 2.26. The lowest BCUT2D eigenvalue weighted by molar-refractivity contribution is -0.135. The van der Waals surface area contributed by atoms with Gasteiger partial charge in [-0.15, -0.1) is 0 Å². The number of amides is 1. The number of aryl methyl sites for hydroxylation is 2. The second-order valence-electron chi connectivity index (χ2n) is 7.28. The Labute approximate surface area is 164 Å². The van der Waals surface area contributed by atoms with Crippen molar-refractivity contribution in [3.63, 3.8) is 0 Å². The third-order valence-electron chi connectivity index (χ3n) is 5.17. The van der Waals surface area contributed by atoms with Gasteiger partial charge in [0.05, 0.1) is 25.0 Å². The van der Waals surface area contributed by atoms with Gasteiger partial charge in [0.25, 0.3) is 5.91 Å². The Hall–Kier alpha value is -3.02. The quantitative estimate of drug-likeness (QED) is 0.631. The Kier molecular flexibility index (Phi) is 5.19. The number of carbonyl (C=O) groups excluding carboxylic acids is 1. The molecular weight excluding hydrogens is 354 g/mol. The lowest BCUT2D eigenvalue weighted by atomic mass is 10.2. The van der Waals surface area contributed by atoms with E-state index in [-0.39, 0.29) is 12.5 Å². The van der Waals surface area contributed by atoms with Crippen LogP contribution in [0, 0.1) is 6.92 Å². The van der Waals surface area contributed by atoms with E-state index in [2.05, 4.69) is 5.10 Å². The van der Waals surface area contributed by atoms with E-state index < -0.39 is 0 Å². The lowest BCUT2D eigenvalue weighted by Gasteiger charge is -2.21. The molecular formula is C22H25N3O3. The van der Waals surface area contributed by atoms with Crippen molar-refractivity contribution in [2.24, 2.45) is 7.05 Å². The van der Waals surface area contributed by atoms with E-state index in [4.69, 9.17) is 9.15 Å². The molecule has 0 fully saturated rings. The average molecular weight is 379 g/mol. The van der Waals surface area contributed by atoms with Crippen LogP contribution in [0.1, 0.15) is 34.7 Å². The summed E-state index contributed by atoms with van der Waals surface area (Å²) in [7, 11) is 1.98. The zero-order chi connectivity index (χ0) is 19.5. The molecule has 0 unspecified atom stereocenters. The number of hydrogen-bond donors (Lipinski definition) is 0. The molecule has 4 rings (SSSR count). The molecule has 0 spiro atoms. The SMILES string of the molecule is Cc1cccc(OCC(=O)N(Cc2ccco2)Cc2nn(C)c3c2CCC3)c1. The van der Waals surface area contributed by atoms with Crippen molar-refractivity contribution in [2.45, 2.75) is 39.3 Å². The third-order valence-corrected chi connectivity index (χ3v) is 5.17. The number of rotatable bonds is 7. The van der Waals surface area contributed by atoms with Gasteiger partial charge in [-0.25, -0.2) is 0 Å². The molecule has 146 valence electrons. The average Bonchev–Trinajstić information content (AvgIpc) is 3.40. The van der Waals surface area contributed by atoms with E-state index >= 15 is 0 Å². The summed E-state index contributed by atoms with van der Waals surface area (Å²) in [6, 6.07) is 11.4. The van der Waals surface area contributed by atoms with Gasteiger partial charge in [0.15, 0.2) is 6.61 Å². The molecule has 0 N–H and O–H groups in total. The highest BCUT2D eigenvalue weighted by Gasteiger charge is 2.25. The van der Waals surface area contributed by atoms with Crippen LogP contribution >= 0.6 is 0 Å². The molecule has 1 aliphatic carbocycles. The van der Waals surface area contributed by atoms with Crippen molar-refractivity contribution in [2.75, 3.05) is 6.61 Å².